The number of rotatable bonds is 6. The van der Waals surface area contributed by atoms with Gasteiger partial charge in [0.05, 0.1) is 0 Å². The number of benzene rings is 1. The molecule has 2 aliphatic carbocycles. The minimum atomic E-state index is -0.155. The Morgan fingerprint density at radius 2 is 2.12 bits per heavy atom. The topological polar surface area (TPSA) is 76.7 Å². The zero-order valence-corrected chi connectivity index (χ0v) is 14.6. The van der Waals surface area contributed by atoms with Crippen LogP contribution in [0.2, 0.25) is 5.02 Å². The summed E-state index contributed by atoms with van der Waals surface area (Å²) in [4.78, 5) is 17.1. The number of halogens is 1. The van der Waals surface area contributed by atoms with Crippen molar-refractivity contribution in [3.8, 4) is 0 Å². The number of hydrogen-bond acceptors (Lipinski definition) is 3. The molecule has 3 N–H and O–H groups in total. The first-order valence-electron chi connectivity index (χ1n) is 8.53. The zero-order chi connectivity index (χ0) is 17.1. The lowest BCUT2D eigenvalue weighted by atomic mass is 9.84. The highest BCUT2D eigenvalue weighted by molar-refractivity contribution is 6.30. The number of nitrogens with one attached hydrogen (secondary N) is 1. The lowest BCUT2D eigenvalue weighted by Gasteiger charge is -2.28. The summed E-state index contributed by atoms with van der Waals surface area (Å²) in [6, 6.07) is 7.14. The number of carbonyl (C=O) groups excluding carboxylic acids is 1. The maximum absolute atomic E-state index is 12.0. The van der Waals surface area contributed by atoms with Gasteiger partial charge in [-0.15, -0.1) is 0 Å². The number of carbonyl (C=O) groups is 1. The van der Waals surface area contributed by atoms with Crippen LogP contribution < -0.4 is 11.1 Å². The van der Waals surface area contributed by atoms with Crippen molar-refractivity contribution in [1.29, 1.82) is 0 Å². The van der Waals surface area contributed by atoms with Crippen molar-refractivity contribution in [1.82, 2.24) is 5.32 Å². The van der Waals surface area contributed by atoms with E-state index in [0.29, 0.717) is 16.5 Å². The Morgan fingerprint density at radius 3 is 2.75 bits per heavy atom. The van der Waals surface area contributed by atoms with E-state index in [1.54, 1.807) is 24.3 Å². The van der Waals surface area contributed by atoms with E-state index in [1.165, 1.54) is 25.7 Å². The molecule has 1 amide bonds. The van der Waals surface area contributed by atoms with Crippen molar-refractivity contribution in [3.05, 3.63) is 34.9 Å². The van der Waals surface area contributed by atoms with E-state index in [-0.39, 0.29) is 24.4 Å². The van der Waals surface area contributed by atoms with Crippen LogP contribution in [0.25, 0.3) is 0 Å². The monoisotopic (exact) mass is 349 g/mol. The Balaban J connectivity index is 1.43. The predicted molar refractivity (Wildman–Crippen MR) is 94.7 cm³/mol. The third-order valence-electron chi connectivity index (χ3n) is 5.32. The fraction of sp³-hybridized carbons (Fsp3) is 0.556. The van der Waals surface area contributed by atoms with Crippen LogP contribution in [0.15, 0.2) is 29.4 Å². The molecule has 24 heavy (non-hydrogen) atoms. The van der Waals surface area contributed by atoms with Gasteiger partial charge < -0.3 is 15.9 Å². The molecule has 0 spiro atoms. The van der Waals surface area contributed by atoms with Gasteiger partial charge in [0.25, 0.3) is 5.91 Å². The molecule has 130 valence electrons. The molecule has 1 aromatic rings. The smallest absolute Gasteiger partial charge is 0.260 e. The second-order valence-corrected chi connectivity index (χ2v) is 7.39. The number of fused-ring (bicyclic) bond motifs is 2. The van der Waals surface area contributed by atoms with E-state index >= 15 is 0 Å². The Kier molecular flexibility index (Phi) is 5.29. The fourth-order valence-electron chi connectivity index (χ4n) is 4.14. The van der Waals surface area contributed by atoms with Gasteiger partial charge in [0.1, 0.15) is 0 Å². The molecule has 2 saturated carbocycles. The largest absolute Gasteiger partial charge is 0.384 e. The van der Waals surface area contributed by atoms with E-state index < -0.39 is 0 Å². The van der Waals surface area contributed by atoms with Gasteiger partial charge >= 0.3 is 0 Å². The van der Waals surface area contributed by atoms with Crippen molar-refractivity contribution in [2.75, 3.05) is 6.61 Å². The van der Waals surface area contributed by atoms with Crippen LogP contribution in [0.1, 0.15) is 38.2 Å². The fourth-order valence-corrected chi connectivity index (χ4v) is 4.27. The lowest BCUT2D eigenvalue weighted by Crippen LogP contribution is -2.41. The average molecular weight is 350 g/mol. The Hall–Kier alpha value is -1.75. The van der Waals surface area contributed by atoms with Crippen molar-refractivity contribution in [3.63, 3.8) is 0 Å². The lowest BCUT2D eigenvalue weighted by molar-refractivity contribution is -0.126. The summed E-state index contributed by atoms with van der Waals surface area (Å²) >= 11 is 5.82. The highest BCUT2D eigenvalue weighted by atomic mass is 35.5. The molecule has 1 aromatic carbocycles. The molecule has 0 heterocycles. The van der Waals surface area contributed by atoms with Crippen LogP contribution in [0.5, 0.6) is 0 Å². The normalized spacial score (nSPS) is 27.1. The van der Waals surface area contributed by atoms with Gasteiger partial charge in [-0.3, -0.25) is 4.79 Å². The minimum absolute atomic E-state index is 0.126. The summed E-state index contributed by atoms with van der Waals surface area (Å²) < 4.78 is 0. The molecule has 2 bridgehead atoms. The molecule has 0 saturated heterocycles. The Bertz CT molecular complexity index is 617. The molecule has 0 radical (unpaired) electrons. The van der Waals surface area contributed by atoms with E-state index in [4.69, 9.17) is 22.2 Å². The van der Waals surface area contributed by atoms with E-state index in [0.717, 1.165) is 11.8 Å². The molecule has 4 unspecified atom stereocenters. The van der Waals surface area contributed by atoms with Crippen molar-refractivity contribution >= 4 is 23.3 Å². The molecule has 4 atom stereocenters. The Morgan fingerprint density at radius 1 is 1.38 bits per heavy atom. The SMILES string of the molecule is CC(NC(=O)CON=C(N)c1ccc(Cl)cc1)C1CC2CCC1C2. The highest BCUT2D eigenvalue weighted by Crippen LogP contribution is 2.49. The van der Waals surface area contributed by atoms with Crippen LogP contribution in [-0.4, -0.2) is 24.4 Å². The molecule has 2 fully saturated rings. The zero-order valence-electron chi connectivity index (χ0n) is 13.9. The summed E-state index contributed by atoms with van der Waals surface area (Å²) in [6.07, 6.45) is 5.26. The minimum Gasteiger partial charge on any atom is -0.384 e. The van der Waals surface area contributed by atoms with Crippen molar-refractivity contribution in [2.24, 2.45) is 28.6 Å². The van der Waals surface area contributed by atoms with E-state index in [2.05, 4.69) is 17.4 Å². The molecule has 6 heteroatoms. The van der Waals surface area contributed by atoms with Gasteiger partial charge in [-0.2, -0.15) is 0 Å². The number of hydrogen-bond donors (Lipinski definition) is 2. The van der Waals surface area contributed by atoms with Gasteiger partial charge in [-0.05, 0) is 68.2 Å². The molecular weight excluding hydrogens is 326 g/mol. The second-order valence-electron chi connectivity index (χ2n) is 6.95. The summed E-state index contributed by atoms with van der Waals surface area (Å²) in [5.74, 6) is 2.33. The first-order valence-corrected chi connectivity index (χ1v) is 8.91. The number of nitrogens with two attached hydrogens (primary N) is 1. The molecular formula is C18H24ClN3O2. The molecule has 0 aromatic heterocycles. The summed E-state index contributed by atoms with van der Waals surface area (Å²) in [7, 11) is 0. The predicted octanol–water partition coefficient (Wildman–Crippen LogP) is 2.92. The maximum atomic E-state index is 12.0. The standard InChI is InChI=1S/C18H24ClN3O2/c1-11(16-9-12-2-3-14(16)8-12)21-17(23)10-24-22-18(20)13-4-6-15(19)7-5-13/h4-7,11-12,14,16H,2-3,8-10H2,1H3,(H2,20,22)(H,21,23). The number of oxime groups is 1. The third-order valence-corrected chi connectivity index (χ3v) is 5.57. The highest BCUT2D eigenvalue weighted by Gasteiger charge is 2.42. The molecule has 0 aliphatic heterocycles. The number of nitrogens with zero attached hydrogens (tertiary/aromatic N) is 1. The Labute approximate surface area is 147 Å². The first-order chi connectivity index (χ1) is 11.5. The molecule has 2 aliphatic rings. The van der Waals surface area contributed by atoms with Crippen molar-refractivity contribution in [2.45, 2.75) is 38.6 Å². The molecule has 5 nitrogen and oxygen atoms in total. The number of amides is 1. The van der Waals surface area contributed by atoms with Gasteiger partial charge in [-0.1, -0.05) is 23.2 Å². The van der Waals surface area contributed by atoms with E-state index in [1.807, 2.05) is 0 Å². The van der Waals surface area contributed by atoms with E-state index in [9.17, 15) is 4.79 Å². The summed E-state index contributed by atoms with van der Waals surface area (Å²) in [5, 5.41) is 7.46. The van der Waals surface area contributed by atoms with Gasteiger partial charge in [-0.25, -0.2) is 0 Å². The molecule has 3 rings (SSSR count). The van der Waals surface area contributed by atoms with Gasteiger partial charge in [0, 0.05) is 16.6 Å². The van der Waals surface area contributed by atoms with Crippen LogP contribution in [0.4, 0.5) is 0 Å². The second kappa shape index (κ2) is 7.43. The average Bonchev–Trinajstić information content (AvgIpc) is 3.18. The van der Waals surface area contributed by atoms with Crippen LogP contribution in [-0.2, 0) is 9.63 Å². The van der Waals surface area contributed by atoms with Gasteiger partial charge in [0.15, 0.2) is 12.4 Å². The summed E-state index contributed by atoms with van der Waals surface area (Å²) in [5.41, 5.74) is 6.53. The van der Waals surface area contributed by atoms with Gasteiger partial charge in [0.2, 0.25) is 0 Å². The van der Waals surface area contributed by atoms with Crippen LogP contribution in [0, 0.1) is 17.8 Å². The quantitative estimate of drug-likeness (QED) is 0.471. The van der Waals surface area contributed by atoms with Crippen LogP contribution >= 0.6 is 11.6 Å². The number of amidine groups is 1. The summed E-state index contributed by atoms with van der Waals surface area (Å²) in [6.45, 7) is 1.97. The van der Waals surface area contributed by atoms with Crippen LogP contribution in [0.3, 0.4) is 0 Å². The maximum Gasteiger partial charge on any atom is 0.260 e. The van der Waals surface area contributed by atoms with Crippen molar-refractivity contribution < 1.29 is 9.63 Å². The third kappa shape index (κ3) is 4.01. The first kappa shape index (κ1) is 17.1.